The minimum absolute atomic E-state index is 0.0496. The molecule has 3 fully saturated rings. The Morgan fingerprint density at radius 2 is 0.573 bits per heavy atom. The molecule has 18 nitrogen and oxygen atoms in total. The fourth-order valence-corrected chi connectivity index (χ4v) is 8.78. The Morgan fingerprint density at radius 1 is 0.347 bits per heavy atom. The summed E-state index contributed by atoms with van der Waals surface area (Å²) < 4.78 is 30.6. The number of esters is 6. The third-order valence-electron chi connectivity index (χ3n) is 13.7. The molecule has 0 atom stereocenters. The standard InChI is InChI=1S/C25H46N2O4.C16H30N2O4.C16H32N2O4/c1-3-20-30-24(28)12-18-26-14-8-22(9-15-26)6-5-7-23-10-16-27(17-11-23)19-13-25(29)31-21-4-2;1-3-13-21-15(19)5-7-17-9-11-18(12-10-17)8-6-16(20)22-14-4-2;1-5-13-21-15(19)7-9-17(3)11-12-18(4)10-8-16(20)22-14-6-2/h22-23H,3-21H2,1-2H3;3-14H2,1-2H3;5-14H2,1-4H3. The first kappa shape index (κ1) is 69.6. The van der Waals surface area contributed by atoms with Gasteiger partial charge in [0.25, 0.3) is 0 Å². The number of piperazine rings is 1. The minimum Gasteiger partial charge on any atom is -0.466 e. The van der Waals surface area contributed by atoms with Crippen molar-refractivity contribution < 1.29 is 57.2 Å². The Morgan fingerprint density at radius 3 is 0.813 bits per heavy atom. The fourth-order valence-electron chi connectivity index (χ4n) is 8.78. The van der Waals surface area contributed by atoms with Crippen molar-refractivity contribution in [2.45, 2.75) is 164 Å². The van der Waals surface area contributed by atoms with Crippen molar-refractivity contribution in [2.75, 3.05) is 158 Å². The fraction of sp³-hybridized carbons (Fsp3) is 0.895. The van der Waals surface area contributed by atoms with Crippen molar-refractivity contribution in [2.24, 2.45) is 11.8 Å². The first-order valence-electron chi connectivity index (χ1n) is 29.4. The van der Waals surface area contributed by atoms with Crippen LogP contribution in [0.2, 0.25) is 0 Å². The van der Waals surface area contributed by atoms with E-state index in [1.165, 1.54) is 44.9 Å². The zero-order valence-electron chi connectivity index (χ0n) is 48.7. The van der Waals surface area contributed by atoms with Crippen molar-refractivity contribution in [1.82, 2.24) is 29.4 Å². The van der Waals surface area contributed by atoms with Crippen LogP contribution in [-0.4, -0.2) is 224 Å². The number of likely N-dealkylation sites (N-methyl/N-ethyl adjacent to an activating group) is 2. The van der Waals surface area contributed by atoms with Crippen molar-refractivity contribution in [3.63, 3.8) is 0 Å². The Kier molecular flexibility index (Phi) is 43.3. The molecule has 75 heavy (non-hydrogen) atoms. The minimum atomic E-state index is -0.138. The van der Waals surface area contributed by atoms with Gasteiger partial charge in [0.2, 0.25) is 0 Å². The highest BCUT2D eigenvalue weighted by Crippen LogP contribution is 2.27. The van der Waals surface area contributed by atoms with Gasteiger partial charge in [-0.05, 0) is 116 Å². The molecule has 3 heterocycles. The molecular weight excluding hydrogens is 961 g/mol. The number of hydrogen-bond donors (Lipinski definition) is 0. The molecule has 0 aromatic carbocycles. The molecule has 3 saturated heterocycles. The molecule has 3 aliphatic rings. The molecule has 3 rings (SSSR count). The zero-order valence-corrected chi connectivity index (χ0v) is 48.7. The van der Waals surface area contributed by atoms with Crippen LogP contribution in [-0.2, 0) is 57.2 Å². The van der Waals surface area contributed by atoms with Gasteiger partial charge in [-0.25, -0.2) is 0 Å². The van der Waals surface area contributed by atoms with E-state index in [1.807, 2.05) is 55.6 Å². The van der Waals surface area contributed by atoms with Gasteiger partial charge in [-0.3, -0.25) is 28.8 Å². The molecule has 18 heteroatoms. The summed E-state index contributed by atoms with van der Waals surface area (Å²) in [5.74, 6) is 1.13. The van der Waals surface area contributed by atoms with E-state index in [0.717, 1.165) is 142 Å². The first-order chi connectivity index (χ1) is 36.2. The smallest absolute Gasteiger partial charge is 0.307 e. The molecule has 438 valence electrons. The molecular formula is C57H108N6O12. The molecule has 0 aliphatic carbocycles. The van der Waals surface area contributed by atoms with Crippen molar-refractivity contribution in [3.05, 3.63) is 0 Å². The van der Waals surface area contributed by atoms with Gasteiger partial charge in [-0.1, -0.05) is 60.8 Å². The highest BCUT2D eigenvalue weighted by Gasteiger charge is 2.23. The van der Waals surface area contributed by atoms with Crippen molar-refractivity contribution >= 4 is 35.8 Å². The Balaban J connectivity index is 0.000000577. The number of carbonyl (C=O) groups excluding carboxylic acids is 6. The summed E-state index contributed by atoms with van der Waals surface area (Å²) in [6.45, 7) is 29.7. The van der Waals surface area contributed by atoms with Gasteiger partial charge in [0, 0.05) is 78.5 Å². The molecule has 0 saturated carbocycles. The average molecular weight is 1070 g/mol. The summed E-state index contributed by atoms with van der Waals surface area (Å²) in [7, 11) is 3.97. The number of piperidine rings is 2. The molecule has 0 amide bonds. The van der Waals surface area contributed by atoms with Crippen LogP contribution in [0.3, 0.4) is 0 Å². The maximum Gasteiger partial charge on any atom is 0.307 e. The van der Waals surface area contributed by atoms with Gasteiger partial charge in [0.15, 0.2) is 0 Å². The molecule has 0 N–H and O–H groups in total. The lowest BCUT2D eigenvalue weighted by atomic mass is 9.87. The third kappa shape index (κ3) is 39.6. The summed E-state index contributed by atoms with van der Waals surface area (Å²) in [5.41, 5.74) is 0. The number of nitrogens with zero attached hydrogens (tertiary/aromatic N) is 6. The largest absolute Gasteiger partial charge is 0.466 e. The number of rotatable bonds is 37. The van der Waals surface area contributed by atoms with E-state index in [4.69, 9.17) is 28.4 Å². The Labute approximate surface area is 454 Å². The second-order valence-corrected chi connectivity index (χ2v) is 20.6. The van der Waals surface area contributed by atoms with Crippen LogP contribution in [0.1, 0.15) is 164 Å². The summed E-state index contributed by atoms with van der Waals surface area (Å²) in [6, 6.07) is 0. The van der Waals surface area contributed by atoms with E-state index < -0.39 is 0 Å². The maximum atomic E-state index is 11.7. The lowest BCUT2D eigenvalue weighted by Crippen LogP contribution is -2.47. The topological polar surface area (TPSA) is 177 Å². The van der Waals surface area contributed by atoms with Crippen LogP contribution < -0.4 is 0 Å². The van der Waals surface area contributed by atoms with E-state index in [-0.39, 0.29) is 35.8 Å². The number of carbonyl (C=O) groups is 6. The molecule has 0 unspecified atom stereocenters. The number of hydrogen-bond acceptors (Lipinski definition) is 18. The second-order valence-electron chi connectivity index (χ2n) is 20.6. The van der Waals surface area contributed by atoms with Crippen molar-refractivity contribution in [1.29, 1.82) is 0 Å². The highest BCUT2D eigenvalue weighted by atomic mass is 16.5. The van der Waals surface area contributed by atoms with Gasteiger partial charge in [-0.2, -0.15) is 0 Å². The van der Waals surface area contributed by atoms with E-state index >= 15 is 0 Å². The Bertz CT molecular complexity index is 1360. The predicted octanol–water partition coefficient (Wildman–Crippen LogP) is 7.09. The van der Waals surface area contributed by atoms with Crippen LogP contribution >= 0.6 is 0 Å². The monoisotopic (exact) mass is 1070 g/mol. The van der Waals surface area contributed by atoms with Crippen LogP contribution in [0.25, 0.3) is 0 Å². The van der Waals surface area contributed by atoms with Crippen molar-refractivity contribution in [3.8, 4) is 0 Å². The summed E-state index contributed by atoms with van der Waals surface area (Å²) >= 11 is 0. The third-order valence-corrected chi connectivity index (χ3v) is 13.7. The van der Waals surface area contributed by atoms with Gasteiger partial charge in [-0.15, -0.1) is 0 Å². The lowest BCUT2D eigenvalue weighted by Gasteiger charge is -2.34. The predicted molar refractivity (Wildman–Crippen MR) is 295 cm³/mol. The normalized spacial score (nSPS) is 16.1. The van der Waals surface area contributed by atoms with Crippen LogP contribution in [0, 0.1) is 11.8 Å². The van der Waals surface area contributed by atoms with E-state index in [0.29, 0.717) is 91.3 Å². The van der Waals surface area contributed by atoms with Crippen LogP contribution in [0.5, 0.6) is 0 Å². The summed E-state index contributed by atoms with van der Waals surface area (Å²) in [4.78, 5) is 82.6. The molecule has 0 bridgehead atoms. The molecule has 0 aromatic rings. The van der Waals surface area contributed by atoms with E-state index in [9.17, 15) is 28.8 Å². The SMILES string of the molecule is CCCOC(=O)CCN(C)CCN(C)CCC(=O)OCCC.CCCOC(=O)CCN1CCC(CCCC2CCN(CCC(=O)OCCC)CC2)CC1.CCCOC(=O)CCN1CCN(CCC(=O)OCCC)CC1. The summed E-state index contributed by atoms with van der Waals surface area (Å²) in [5, 5.41) is 0. The highest BCUT2D eigenvalue weighted by molar-refractivity contribution is 5.71. The molecule has 0 aromatic heterocycles. The Hall–Kier alpha value is -3.42. The zero-order chi connectivity index (χ0) is 55.3. The second kappa shape index (κ2) is 46.7. The van der Waals surface area contributed by atoms with Gasteiger partial charge < -0.3 is 57.8 Å². The van der Waals surface area contributed by atoms with Crippen LogP contribution in [0.4, 0.5) is 0 Å². The number of likely N-dealkylation sites (tertiary alicyclic amines) is 2. The lowest BCUT2D eigenvalue weighted by molar-refractivity contribution is -0.145. The molecule has 3 aliphatic heterocycles. The average Bonchev–Trinajstić information content (AvgIpc) is 3.43. The quantitative estimate of drug-likeness (QED) is 0.0455. The molecule has 0 radical (unpaired) electrons. The van der Waals surface area contributed by atoms with Crippen LogP contribution in [0.15, 0.2) is 0 Å². The van der Waals surface area contributed by atoms with Gasteiger partial charge >= 0.3 is 35.8 Å². The first-order valence-corrected chi connectivity index (χ1v) is 29.4. The summed E-state index contributed by atoms with van der Waals surface area (Å²) in [6.07, 6.45) is 17.2. The van der Waals surface area contributed by atoms with E-state index in [2.05, 4.69) is 29.4 Å². The van der Waals surface area contributed by atoms with Gasteiger partial charge in [0.05, 0.1) is 78.2 Å². The maximum absolute atomic E-state index is 11.7. The number of ether oxygens (including phenoxy) is 6. The molecule has 0 spiro atoms. The van der Waals surface area contributed by atoms with E-state index in [1.54, 1.807) is 0 Å². The van der Waals surface area contributed by atoms with Gasteiger partial charge in [0.1, 0.15) is 0 Å².